The fourth-order valence-electron chi connectivity index (χ4n) is 7.62. The number of amides is 6. The molecule has 400 valence electrons. The Bertz CT molecular complexity index is 2300. The first-order valence-corrected chi connectivity index (χ1v) is 25.3. The number of aromatic nitrogens is 1. The minimum absolute atomic E-state index is 0.0455. The molecule has 1 aromatic heterocycles. The Morgan fingerprint density at radius 2 is 1.41 bits per heavy atom. The van der Waals surface area contributed by atoms with Gasteiger partial charge >= 0.3 is 5.97 Å². The van der Waals surface area contributed by atoms with E-state index in [2.05, 4.69) is 16.0 Å². The molecule has 1 aliphatic rings. The maximum absolute atomic E-state index is 15.2. The van der Waals surface area contributed by atoms with Gasteiger partial charge in [-0.25, -0.2) is 8.78 Å². The Balaban J connectivity index is 1.26. The van der Waals surface area contributed by atoms with E-state index in [4.69, 9.17) is 29.8 Å². The van der Waals surface area contributed by atoms with Crippen LogP contribution in [0.15, 0.2) is 72.9 Å². The number of carboxylic acid groups (broad SMARTS) is 1. The van der Waals surface area contributed by atoms with Crippen molar-refractivity contribution in [1.82, 2.24) is 30.3 Å². The summed E-state index contributed by atoms with van der Waals surface area (Å²) in [5.41, 5.74) is 7.63. The van der Waals surface area contributed by atoms with Gasteiger partial charge in [0, 0.05) is 80.1 Å². The van der Waals surface area contributed by atoms with Crippen molar-refractivity contribution >= 4 is 53.2 Å². The number of hydrogen-bond donors (Lipinski definition) is 5. The third-order valence-corrected chi connectivity index (χ3v) is 12.2. The molecule has 2 heterocycles. The molecule has 19 nitrogen and oxygen atoms in total. The van der Waals surface area contributed by atoms with Crippen LogP contribution in [0.4, 0.5) is 8.78 Å². The highest BCUT2D eigenvalue weighted by atomic mass is 32.2. The summed E-state index contributed by atoms with van der Waals surface area (Å²) >= 11 is 1.21. The van der Waals surface area contributed by atoms with Gasteiger partial charge in [0.25, 0.3) is 11.8 Å². The summed E-state index contributed by atoms with van der Waals surface area (Å²) in [6.45, 7) is 8.88. The highest BCUT2D eigenvalue weighted by Crippen LogP contribution is 2.41. The average molecular weight is 1040 g/mol. The lowest BCUT2D eigenvalue weighted by molar-refractivity contribution is -0.141. The first kappa shape index (κ1) is 59.5. The number of benzene rings is 2. The molecule has 2 aromatic carbocycles. The smallest absolute Gasteiger partial charge is 0.303 e. The molecule has 0 radical (unpaired) electrons. The SMILES string of the molecule is CC(C)(C)[C@H](c1cc(-c2cc(F)ccc2F)cn1Cc1ccccc1)N(CCCN)C(=O)CSC[C@H](CNC(=O)CCC(=O)O)C(=O)NCCOCCOCCOCCOCCNC(=O)CN1C(=O)C=CC1=O. The summed E-state index contributed by atoms with van der Waals surface area (Å²) in [7, 11) is 0. The third-order valence-electron chi connectivity index (χ3n) is 11.2. The van der Waals surface area contributed by atoms with E-state index >= 15 is 4.39 Å². The van der Waals surface area contributed by atoms with Gasteiger partial charge in [0.1, 0.15) is 18.2 Å². The first-order valence-electron chi connectivity index (χ1n) is 24.1. The van der Waals surface area contributed by atoms with Crippen LogP contribution < -0.4 is 21.7 Å². The Hall–Kier alpha value is -6.04. The van der Waals surface area contributed by atoms with Gasteiger partial charge in [0.15, 0.2) is 0 Å². The molecule has 73 heavy (non-hydrogen) atoms. The van der Waals surface area contributed by atoms with E-state index in [1.165, 1.54) is 11.8 Å². The molecule has 6 amide bonds. The summed E-state index contributed by atoms with van der Waals surface area (Å²) in [5.74, 6) is -5.75. The first-order chi connectivity index (χ1) is 35.0. The van der Waals surface area contributed by atoms with Crippen molar-refractivity contribution in [3.05, 3.63) is 95.8 Å². The number of halogens is 2. The van der Waals surface area contributed by atoms with Gasteiger partial charge < -0.3 is 55.2 Å². The largest absolute Gasteiger partial charge is 0.481 e. The lowest BCUT2D eigenvalue weighted by Crippen LogP contribution is -2.44. The lowest BCUT2D eigenvalue weighted by Gasteiger charge is -2.41. The minimum atomic E-state index is -1.14. The quantitative estimate of drug-likeness (QED) is 0.0419. The van der Waals surface area contributed by atoms with E-state index in [1.54, 1.807) is 17.2 Å². The fraction of sp³-hybridized carbons (Fsp3) is 0.510. The van der Waals surface area contributed by atoms with Crippen LogP contribution in [0.3, 0.4) is 0 Å². The number of nitrogens with one attached hydrogen (secondary N) is 3. The average Bonchev–Trinajstić information content (AvgIpc) is 3.90. The second-order valence-electron chi connectivity index (χ2n) is 18.0. The molecule has 0 spiro atoms. The van der Waals surface area contributed by atoms with Gasteiger partial charge in [0.2, 0.25) is 23.6 Å². The Morgan fingerprint density at radius 3 is 2.01 bits per heavy atom. The van der Waals surface area contributed by atoms with E-state index in [1.807, 2.05) is 55.7 Å². The standard InChI is InChI=1S/C51H69F2N7O12S/c1-51(2,3)49(42-28-37(40-29-39(52)10-11-41(40)53)32-58(42)31-36-8-5-4-6-9-36)59(19-7-16-54)47(65)35-73-34-38(30-57-43(61)12-15-48(66)67)50(68)56-18-21-70-23-25-72-27-26-71-24-22-69-20-17-55-44(62)33-60-45(63)13-14-46(60)64/h4-6,8-11,13-14,28-29,32,38,49H,7,12,15-27,30-31,33-35,54H2,1-3H3,(H,55,62)(H,56,68)(H,57,61)(H,66,67)/t38-,49-/m0/s1. The van der Waals surface area contributed by atoms with Crippen molar-refractivity contribution in [1.29, 1.82) is 0 Å². The molecular formula is C51H69F2N7O12S. The molecule has 0 bridgehead atoms. The van der Waals surface area contributed by atoms with Crippen molar-refractivity contribution in [2.24, 2.45) is 17.1 Å². The number of ether oxygens (including phenoxy) is 4. The molecule has 0 saturated carbocycles. The minimum Gasteiger partial charge on any atom is -0.481 e. The van der Waals surface area contributed by atoms with Crippen molar-refractivity contribution < 1.29 is 66.4 Å². The van der Waals surface area contributed by atoms with E-state index < -0.39 is 64.5 Å². The van der Waals surface area contributed by atoms with E-state index in [0.29, 0.717) is 50.6 Å². The summed E-state index contributed by atoms with van der Waals surface area (Å²) < 4.78 is 53.7. The maximum atomic E-state index is 15.2. The number of thioether (sulfide) groups is 1. The van der Waals surface area contributed by atoms with Gasteiger partial charge in [-0.05, 0) is 48.2 Å². The second-order valence-corrected chi connectivity index (χ2v) is 19.0. The van der Waals surface area contributed by atoms with Crippen LogP contribution >= 0.6 is 11.8 Å². The zero-order valence-electron chi connectivity index (χ0n) is 41.7. The lowest BCUT2D eigenvalue weighted by atomic mass is 9.83. The van der Waals surface area contributed by atoms with Gasteiger partial charge in [0.05, 0.1) is 77.0 Å². The van der Waals surface area contributed by atoms with Gasteiger partial charge in [-0.3, -0.25) is 38.5 Å². The van der Waals surface area contributed by atoms with Crippen LogP contribution in [0.1, 0.15) is 57.3 Å². The van der Waals surface area contributed by atoms with Crippen molar-refractivity contribution in [2.75, 3.05) is 104 Å². The molecule has 0 saturated heterocycles. The molecule has 6 N–H and O–H groups in total. The summed E-state index contributed by atoms with van der Waals surface area (Å²) in [6.07, 6.45) is 3.82. The second kappa shape index (κ2) is 31.5. The van der Waals surface area contributed by atoms with E-state index in [9.17, 15) is 38.0 Å². The molecule has 4 rings (SSSR count). The molecule has 22 heteroatoms. The van der Waals surface area contributed by atoms with Crippen LogP contribution in [-0.4, -0.2) is 165 Å². The Kier molecular flexibility index (Phi) is 25.7. The Morgan fingerprint density at radius 1 is 0.795 bits per heavy atom. The number of carbonyl (C=O) groups is 7. The number of nitrogens with two attached hydrogens (primary N) is 1. The number of imide groups is 1. The monoisotopic (exact) mass is 1040 g/mol. The molecule has 1 aliphatic heterocycles. The van der Waals surface area contributed by atoms with Crippen LogP contribution in [0.2, 0.25) is 0 Å². The van der Waals surface area contributed by atoms with Gasteiger partial charge in [-0.1, -0.05) is 51.1 Å². The maximum Gasteiger partial charge on any atom is 0.303 e. The topological polar surface area (TPSA) is 250 Å². The zero-order valence-corrected chi connectivity index (χ0v) is 42.6. The number of carbonyl (C=O) groups excluding carboxylic acids is 6. The number of hydrogen-bond acceptors (Lipinski definition) is 13. The predicted molar refractivity (Wildman–Crippen MR) is 269 cm³/mol. The predicted octanol–water partition coefficient (Wildman–Crippen LogP) is 3.30. The van der Waals surface area contributed by atoms with Crippen molar-refractivity contribution in [2.45, 2.75) is 52.6 Å². The highest BCUT2D eigenvalue weighted by molar-refractivity contribution is 7.99. The van der Waals surface area contributed by atoms with Crippen molar-refractivity contribution in [3.63, 3.8) is 0 Å². The van der Waals surface area contributed by atoms with Crippen LogP contribution in [0.5, 0.6) is 0 Å². The summed E-state index contributed by atoms with van der Waals surface area (Å²) in [6, 6.07) is 14.2. The molecular weight excluding hydrogens is 973 g/mol. The normalized spacial score (nSPS) is 13.3. The number of rotatable bonds is 35. The highest BCUT2D eigenvalue weighted by Gasteiger charge is 2.37. The fourth-order valence-corrected chi connectivity index (χ4v) is 8.63. The number of nitrogens with zero attached hydrogens (tertiary/aromatic N) is 3. The summed E-state index contributed by atoms with van der Waals surface area (Å²) in [5, 5.41) is 17.1. The Labute approximate surface area is 428 Å². The molecule has 0 aliphatic carbocycles. The molecule has 2 atom stereocenters. The van der Waals surface area contributed by atoms with Crippen molar-refractivity contribution in [3.8, 4) is 11.1 Å². The van der Waals surface area contributed by atoms with Crippen LogP contribution in [0.25, 0.3) is 11.1 Å². The van der Waals surface area contributed by atoms with Crippen LogP contribution in [0, 0.1) is 23.0 Å². The van der Waals surface area contributed by atoms with Crippen LogP contribution in [-0.2, 0) is 59.1 Å². The number of carboxylic acids is 1. The van der Waals surface area contributed by atoms with E-state index in [-0.39, 0.29) is 102 Å². The zero-order chi connectivity index (χ0) is 53.2. The van der Waals surface area contributed by atoms with Gasteiger partial charge in [-0.2, -0.15) is 11.8 Å². The summed E-state index contributed by atoms with van der Waals surface area (Å²) in [4.78, 5) is 89.2. The number of aliphatic carboxylic acids is 1. The molecule has 3 aromatic rings. The third kappa shape index (κ3) is 21.1. The molecule has 0 fully saturated rings. The van der Waals surface area contributed by atoms with E-state index in [0.717, 1.165) is 40.8 Å². The van der Waals surface area contributed by atoms with Gasteiger partial charge in [-0.15, -0.1) is 0 Å². The molecule has 0 unspecified atom stereocenters.